The summed E-state index contributed by atoms with van der Waals surface area (Å²) >= 11 is 0. The maximum Gasteiger partial charge on any atom is 0.234 e. The average Bonchev–Trinajstić information content (AvgIpc) is 2.48. The Labute approximate surface area is 125 Å². The van der Waals surface area contributed by atoms with Gasteiger partial charge in [-0.2, -0.15) is 0 Å². The molecule has 1 aromatic rings. The molecule has 1 amide bonds. The van der Waals surface area contributed by atoms with Crippen LogP contribution in [0, 0.1) is 11.3 Å². The zero-order valence-electron chi connectivity index (χ0n) is 13.0. The zero-order valence-corrected chi connectivity index (χ0v) is 13.0. The van der Waals surface area contributed by atoms with Crippen LogP contribution in [0.5, 0.6) is 5.75 Å². The van der Waals surface area contributed by atoms with Crippen LogP contribution in [0.4, 0.5) is 5.69 Å². The van der Waals surface area contributed by atoms with Crippen LogP contribution in [0.3, 0.4) is 0 Å². The second-order valence-electron chi connectivity index (χ2n) is 5.98. The molecule has 116 valence electrons. The van der Waals surface area contributed by atoms with E-state index in [9.17, 15) is 4.79 Å². The van der Waals surface area contributed by atoms with Crippen LogP contribution in [-0.4, -0.2) is 32.5 Å². The van der Waals surface area contributed by atoms with Gasteiger partial charge in [-0.25, -0.2) is 0 Å². The van der Waals surface area contributed by atoms with Gasteiger partial charge in [0.05, 0.1) is 25.7 Å². The third-order valence-electron chi connectivity index (χ3n) is 3.57. The smallest absolute Gasteiger partial charge is 0.234 e. The Kier molecular flexibility index (Phi) is 4.85. The normalized spacial score (nSPS) is 25.7. The van der Waals surface area contributed by atoms with E-state index in [2.05, 4.69) is 5.32 Å². The Morgan fingerprint density at radius 3 is 2.33 bits per heavy atom. The number of carbonyl (C=O) groups is 1. The molecule has 1 aromatic carbocycles. The minimum Gasteiger partial charge on any atom is -0.497 e. The molecule has 5 nitrogen and oxygen atoms in total. The van der Waals surface area contributed by atoms with Crippen LogP contribution >= 0.6 is 0 Å². The molecule has 0 spiro atoms. The van der Waals surface area contributed by atoms with E-state index in [0.717, 1.165) is 11.4 Å². The van der Waals surface area contributed by atoms with Gasteiger partial charge < -0.3 is 19.5 Å². The highest BCUT2D eigenvalue weighted by Crippen LogP contribution is 2.28. The summed E-state index contributed by atoms with van der Waals surface area (Å²) in [6.07, 6.45) is -0.230. The van der Waals surface area contributed by atoms with Crippen molar-refractivity contribution in [3.63, 3.8) is 0 Å². The van der Waals surface area contributed by atoms with E-state index in [-0.39, 0.29) is 18.1 Å². The molecule has 1 fully saturated rings. The highest BCUT2D eigenvalue weighted by molar-refractivity contribution is 5.95. The lowest BCUT2D eigenvalue weighted by atomic mass is 9.90. The van der Waals surface area contributed by atoms with E-state index in [1.165, 1.54) is 0 Å². The molecular formula is C16H23NO4. The molecule has 0 saturated carbocycles. The van der Waals surface area contributed by atoms with Crippen LogP contribution in [0.15, 0.2) is 24.3 Å². The molecule has 0 bridgehead atoms. The fourth-order valence-electron chi connectivity index (χ4n) is 2.09. The van der Waals surface area contributed by atoms with Gasteiger partial charge in [0.25, 0.3) is 0 Å². The van der Waals surface area contributed by atoms with Crippen molar-refractivity contribution in [2.24, 2.45) is 11.3 Å². The molecule has 0 aromatic heterocycles. The number of ether oxygens (including phenoxy) is 3. The Morgan fingerprint density at radius 2 is 1.86 bits per heavy atom. The molecular weight excluding hydrogens is 270 g/mol. The second-order valence-corrected chi connectivity index (χ2v) is 5.98. The monoisotopic (exact) mass is 293 g/mol. The SMILES string of the molecule is COc1ccc(NC(=O)C2(C)COC(C(C)C)OC2)cc1. The number of rotatable bonds is 4. The predicted octanol–water partition coefficient (Wildman–Crippen LogP) is 2.67. The maximum atomic E-state index is 12.4. The van der Waals surface area contributed by atoms with Crippen LogP contribution in [0.1, 0.15) is 20.8 Å². The number of carbonyl (C=O) groups excluding carboxylic acids is 1. The summed E-state index contributed by atoms with van der Waals surface area (Å²) in [7, 11) is 1.61. The quantitative estimate of drug-likeness (QED) is 0.927. The lowest BCUT2D eigenvalue weighted by Crippen LogP contribution is -2.48. The summed E-state index contributed by atoms with van der Waals surface area (Å²) in [5.74, 6) is 0.928. The molecule has 2 rings (SSSR count). The molecule has 0 unspecified atom stereocenters. The van der Waals surface area contributed by atoms with Crippen LogP contribution < -0.4 is 10.1 Å². The van der Waals surface area contributed by atoms with Gasteiger partial charge in [-0.1, -0.05) is 13.8 Å². The molecule has 0 aliphatic carbocycles. The molecule has 1 aliphatic rings. The van der Waals surface area contributed by atoms with Gasteiger partial charge in [-0.05, 0) is 31.2 Å². The van der Waals surface area contributed by atoms with E-state index in [0.29, 0.717) is 13.2 Å². The van der Waals surface area contributed by atoms with Crippen molar-refractivity contribution in [2.75, 3.05) is 25.6 Å². The van der Waals surface area contributed by atoms with E-state index in [4.69, 9.17) is 14.2 Å². The fraction of sp³-hybridized carbons (Fsp3) is 0.562. The van der Waals surface area contributed by atoms with Gasteiger partial charge in [0.1, 0.15) is 5.75 Å². The minimum absolute atomic E-state index is 0.102. The lowest BCUT2D eigenvalue weighted by Gasteiger charge is -2.37. The van der Waals surface area contributed by atoms with Crippen molar-refractivity contribution in [1.82, 2.24) is 0 Å². The molecule has 1 aliphatic heterocycles. The van der Waals surface area contributed by atoms with Crippen molar-refractivity contribution in [3.05, 3.63) is 24.3 Å². The van der Waals surface area contributed by atoms with Crippen molar-refractivity contribution in [2.45, 2.75) is 27.1 Å². The molecule has 0 atom stereocenters. The first kappa shape index (κ1) is 15.8. The molecule has 5 heteroatoms. The average molecular weight is 293 g/mol. The molecule has 0 radical (unpaired) electrons. The summed E-state index contributed by atoms with van der Waals surface area (Å²) < 4.78 is 16.4. The van der Waals surface area contributed by atoms with Gasteiger partial charge in [0.2, 0.25) is 5.91 Å². The first-order valence-corrected chi connectivity index (χ1v) is 7.13. The van der Waals surface area contributed by atoms with Gasteiger partial charge in [0.15, 0.2) is 6.29 Å². The van der Waals surface area contributed by atoms with Crippen LogP contribution in [-0.2, 0) is 14.3 Å². The van der Waals surface area contributed by atoms with Crippen molar-refractivity contribution in [3.8, 4) is 5.75 Å². The van der Waals surface area contributed by atoms with Gasteiger partial charge in [0, 0.05) is 11.6 Å². The van der Waals surface area contributed by atoms with Crippen LogP contribution in [0.25, 0.3) is 0 Å². The molecule has 1 saturated heterocycles. The third kappa shape index (κ3) is 3.74. The number of anilines is 1. The summed E-state index contributed by atoms with van der Waals surface area (Å²) in [5, 5.41) is 2.89. The first-order chi connectivity index (χ1) is 9.94. The van der Waals surface area contributed by atoms with E-state index in [1.807, 2.05) is 32.9 Å². The second kappa shape index (κ2) is 6.45. The van der Waals surface area contributed by atoms with Gasteiger partial charge in [-0.3, -0.25) is 4.79 Å². The largest absolute Gasteiger partial charge is 0.497 e. The summed E-state index contributed by atoms with van der Waals surface area (Å²) in [5.41, 5.74) is 0.0544. The van der Waals surface area contributed by atoms with E-state index < -0.39 is 5.41 Å². The Balaban J connectivity index is 1.96. The number of hydrogen-bond acceptors (Lipinski definition) is 4. The van der Waals surface area contributed by atoms with Gasteiger partial charge in [-0.15, -0.1) is 0 Å². The highest BCUT2D eigenvalue weighted by Gasteiger charge is 2.40. The molecule has 21 heavy (non-hydrogen) atoms. The lowest BCUT2D eigenvalue weighted by molar-refractivity contribution is -0.237. The fourth-order valence-corrected chi connectivity index (χ4v) is 2.09. The highest BCUT2D eigenvalue weighted by atomic mass is 16.7. The molecule has 1 heterocycles. The van der Waals surface area contributed by atoms with Crippen molar-refractivity contribution < 1.29 is 19.0 Å². The topological polar surface area (TPSA) is 56.8 Å². The number of nitrogens with one attached hydrogen (secondary N) is 1. The maximum absolute atomic E-state index is 12.4. The van der Waals surface area contributed by atoms with Crippen molar-refractivity contribution >= 4 is 11.6 Å². The van der Waals surface area contributed by atoms with Gasteiger partial charge >= 0.3 is 0 Å². The molecule has 1 N–H and O–H groups in total. The van der Waals surface area contributed by atoms with Crippen molar-refractivity contribution in [1.29, 1.82) is 0 Å². The number of methoxy groups -OCH3 is 1. The van der Waals surface area contributed by atoms with E-state index in [1.54, 1.807) is 19.2 Å². The standard InChI is InChI=1S/C16H23NO4/c1-11(2)14-20-9-16(3,10-21-14)15(18)17-12-5-7-13(19-4)8-6-12/h5-8,11,14H,9-10H2,1-4H3,(H,17,18). The number of amides is 1. The Hall–Kier alpha value is -1.59. The summed E-state index contributed by atoms with van der Waals surface area (Å²) in [6.45, 7) is 6.63. The Bertz CT molecular complexity index is 476. The van der Waals surface area contributed by atoms with Crippen LogP contribution in [0.2, 0.25) is 0 Å². The summed E-state index contributed by atoms with van der Waals surface area (Å²) in [6, 6.07) is 7.23. The number of hydrogen-bond donors (Lipinski definition) is 1. The predicted molar refractivity (Wildman–Crippen MR) is 80.3 cm³/mol. The minimum atomic E-state index is -0.675. The first-order valence-electron chi connectivity index (χ1n) is 7.13. The van der Waals surface area contributed by atoms with E-state index >= 15 is 0 Å². The zero-order chi connectivity index (χ0) is 15.5. The Morgan fingerprint density at radius 1 is 1.29 bits per heavy atom. The number of benzene rings is 1. The summed E-state index contributed by atoms with van der Waals surface area (Å²) in [4.78, 5) is 12.4. The third-order valence-corrected chi connectivity index (χ3v) is 3.57.